The summed E-state index contributed by atoms with van der Waals surface area (Å²) in [6.45, 7) is 3.05. The number of unbranched alkanes of at least 4 members (excludes halogenated alkanes) is 1. The number of aromatic nitrogens is 2. The normalized spacial score (nSPS) is 15.7. The molecule has 2 aromatic rings. The summed E-state index contributed by atoms with van der Waals surface area (Å²) in [5, 5.41) is 1.08. The van der Waals surface area contributed by atoms with Gasteiger partial charge in [-0.1, -0.05) is 42.7 Å². The molecule has 1 aliphatic rings. The molecule has 0 spiro atoms. The molecular formula is C15H14N2S. The van der Waals surface area contributed by atoms with Crippen LogP contribution < -0.4 is 0 Å². The molecule has 0 unspecified atom stereocenters. The number of hydrogen-bond acceptors (Lipinski definition) is 2. The van der Waals surface area contributed by atoms with Crippen molar-refractivity contribution >= 4 is 22.8 Å². The second-order valence-electron chi connectivity index (χ2n) is 4.25. The van der Waals surface area contributed by atoms with Gasteiger partial charge in [-0.3, -0.25) is 0 Å². The Bertz CT molecular complexity index is 671. The minimum absolute atomic E-state index is 0.904. The molecule has 0 saturated carbocycles. The van der Waals surface area contributed by atoms with Gasteiger partial charge in [0.25, 0.3) is 0 Å². The lowest BCUT2D eigenvalue weighted by molar-refractivity contribution is 0.768. The Morgan fingerprint density at radius 2 is 2.33 bits per heavy atom. The Balaban J connectivity index is 1.86. The average Bonchev–Trinajstić information content (AvgIpc) is 2.91. The number of thioether (sulfide) groups is 1. The van der Waals surface area contributed by atoms with E-state index in [1.54, 1.807) is 11.8 Å². The molecule has 0 amide bonds. The van der Waals surface area contributed by atoms with Gasteiger partial charge in [-0.2, -0.15) is 0 Å². The second-order valence-corrected chi connectivity index (χ2v) is 5.35. The van der Waals surface area contributed by atoms with Crippen LogP contribution in [0.2, 0.25) is 0 Å². The third-order valence-corrected chi connectivity index (χ3v) is 3.87. The predicted molar refractivity (Wildman–Crippen MR) is 76.4 cm³/mol. The molecule has 2 heterocycles. The lowest BCUT2D eigenvalue weighted by Crippen LogP contribution is -1.91. The molecule has 0 bridgehead atoms. The first kappa shape index (κ1) is 11.4. The Morgan fingerprint density at radius 1 is 1.44 bits per heavy atom. The van der Waals surface area contributed by atoms with E-state index >= 15 is 0 Å². The van der Waals surface area contributed by atoms with E-state index in [1.807, 2.05) is 12.1 Å². The fraction of sp³-hybridized carbons (Fsp3) is 0.267. The summed E-state index contributed by atoms with van der Waals surface area (Å²) in [6.07, 6.45) is 4.13. The smallest absolute Gasteiger partial charge is 0.174 e. The van der Waals surface area contributed by atoms with Crippen LogP contribution in [0, 0.1) is 11.8 Å². The zero-order chi connectivity index (χ0) is 12.4. The molecule has 0 radical (unpaired) electrons. The van der Waals surface area contributed by atoms with Crippen LogP contribution in [-0.2, 0) is 6.54 Å². The van der Waals surface area contributed by atoms with E-state index in [2.05, 4.69) is 46.5 Å². The summed E-state index contributed by atoms with van der Waals surface area (Å²) in [5.41, 5.74) is 2.29. The van der Waals surface area contributed by atoms with Gasteiger partial charge in [0.1, 0.15) is 0 Å². The van der Waals surface area contributed by atoms with Gasteiger partial charge in [-0.15, -0.1) is 0 Å². The van der Waals surface area contributed by atoms with Gasteiger partial charge in [0.05, 0.1) is 17.6 Å². The molecule has 90 valence electrons. The van der Waals surface area contributed by atoms with Gasteiger partial charge < -0.3 is 4.57 Å². The van der Waals surface area contributed by atoms with E-state index in [0.29, 0.717) is 0 Å². The maximum absolute atomic E-state index is 4.62. The predicted octanol–water partition coefficient (Wildman–Crippen LogP) is 3.83. The number of hydrogen-bond donors (Lipinski definition) is 0. The van der Waals surface area contributed by atoms with Gasteiger partial charge in [0.15, 0.2) is 5.16 Å². The number of nitrogens with zero attached hydrogens (tertiary/aromatic N) is 2. The van der Waals surface area contributed by atoms with Crippen LogP contribution in [0.5, 0.6) is 0 Å². The molecule has 0 fully saturated rings. The van der Waals surface area contributed by atoms with E-state index in [0.717, 1.165) is 30.1 Å². The summed E-state index contributed by atoms with van der Waals surface area (Å²) in [4.78, 5) is 5.91. The van der Waals surface area contributed by atoms with Crippen molar-refractivity contribution in [3.8, 4) is 11.8 Å². The van der Waals surface area contributed by atoms with Crippen LogP contribution in [-0.4, -0.2) is 9.55 Å². The number of imidazole rings is 1. The summed E-state index contributed by atoms with van der Waals surface area (Å²) in [7, 11) is 0. The Kier molecular flexibility index (Phi) is 3.12. The summed E-state index contributed by atoms with van der Waals surface area (Å²) < 4.78 is 2.26. The van der Waals surface area contributed by atoms with Crippen molar-refractivity contribution in [2.75, 3.05) is 0 Å². The molecule has 0 aliphatic carbocycles. The first-order valence-corrected chi connectivity index (χ1v) is 7.00. The topological polar surface area (TPSA) is 17.8 Å². The highest BCUT2D eigenvalue weighted by molar-refractivity contribution is 8.03. The van der Waals surface area contributed by atoms with Crippen molar-refractivity contribution in [1.29, 1.82) is 0 Å². The molecule has 1 aliphatic heterocycles. The van der Waals surface area contributed by atoms with Gasteiger partial charge in [0.2, 0.25) is 0 Å². The minimum atomic E-state index is 0.904. The van der Waals surface area contributed by atoms with Crippen LogP contribution in [0.25, 0.3) is 11.0 Å². The summed E-state index contributed by atoms with van der Waals surface area (Å²) in [6, 6.07) is 8.27. The summed E-state index contributed by atoms with van der Waals surface area (Å²) in [5.74, 6) is 6.28. The number of allylic oxidation sites excluding steroid dienone is 2. The molecule has 0 atom stereocenters. The van der Waals surface area contributed by atoms with Crippen molar-refractivity contribution < 1.29 is 0 Å². The number of fused-ring (bicyclic) bond motifs is 3. The third kappa shape index (κ3) is 2.04. The van der Waals surface area contributed by atoms with E-state index in [-0.39, 0.29) is 0 Å². The molecule has 0 N–H and O–H groups in total. The fourth-order valence-electron chi connectivity index (χ4n) is 1.99. The number of rotatable bonds is 1. The third-order valence-electron chi connectivity index (χ3n) is 2.87. The van der Waals surface area contributed by atoms with Gasteiger partial charge in [-0.05, 0) is 24.6 Å². The second kappa shape index (κ2) is 4.91. The highest BCUT2D eigenvalue weighted by Crippen LogP contribution is 2.37. The quantitative estimate of drug-likeness (QED) is 0.720. The molecule has 0 saturated heterocycles. The van der Waals surface area contributed by atoms with E-state index in [4.69, 9.17) is 0 Å². The van der Waals surface area contributed by atoms with Crippen LogP contribution in [0.15, 0.2) is 40.4 Å². The average molecular weight is 254 g/mol. The van der Waals surface area contributed by atoms with Crippen molar-refractivity contribution in [2.45, 2.75) is 31.5 Å². The monoisotopic (exact) mass is 254 g/mol. The fourth-order valence-corrected chi connectivity index (χ4v) is 2.96. The SMILES string of the molecule is CCCC#C/C=C1\Cn2c(nc3ccccc32)S1. The van der Waals surface area contributed by atoms with Gasteiger partial charge in [0, 0.05) is 11.3 Å². The van der Waals surface area contributed by atoms with Crippen molar-refractivity contribution in [3.05, 3.63) is 35.2 Å². The van der Waals surface area contributed by atoms with Gasteiger partial charge in [-0.25, -0.2) is 4.98 Å². The lowest BCUT2D eigenvalue weighted by atomic mass is 10.3. The highest BCUT2D eigenvalue weighted by Gasteiger charge is 2.19. The highest BCUT2D eigenvalue weighted by atomic mass is 32.2. The van der Waals surface area contributed by atoms with Crippen molar-refractivity contribution in [1.82, 2.24) is 9.55 Å². The van der Waals surface area contributed by atoms with E-state index < -0.39 is 0 Å². The maximum atomic E-state index is 4.62. The zero-order valence-electron chi connectivity index (χ0n) is 10.3. The molecule has 3 heteroatoms. The van der Waals surface area contributed by atoms with Crippen LogP contribution >= 0.6 is 11.8 Å². The number of para-hydroxylation sites is 2. The lowest BCUT2D eigenvalue weighted by Gasteiger charge is -1.96. The first-order chi connectivity index (χ1) is 8.88. The first-order valence-electron chi connectivity index (χ1n) is 6.19. The van der Waals surface area contributed by atoms with Crippen molar-refractivity contribution in [3.63, 3.8) is 0 Å². The molecule has 3 rings (SSSR count). The Morgan fingerprint density at radius 3 is 3.22 bits per heavy atom. The van der Waals surface area contributed by atoms with Crippen LogP contribution in [0.3, 0.4) is 0 Å². The minimum Gasteiger partial charge on any atom is -0.314 e. The van der Waals surface area contributed by atoms with Crippen molar-refractivity contribution in [2.24, 2.45) is 0 Å². The van der Waals surface area contributed by atoms with Crippen LogP contribution in [0.1, 0.15) is 19.8 Å². The molecular weight excluding hydrogens is 240 g/mol. The molecule has 1 aromatic heterocycles. The van der Waals surface area contributed by atoms with E-state index in [1.165, 1.54) is 10.4 Å². The zero-order valence-corrected chi connectivity index (χ0v) is 11.1. The molecule has 2 nitrogen and oxygen atoms in total. The summed E-state index contributed by atoms with van der Waals surface area (Å²) >= 11 is 1.73. The van der Waals surface area contributed by atoms with E-state index in [9.17, 15) is 0 Å². The molecule has 18 heavy (non-hydrogen) atoms. The van der Waals surface area contributed by atoms with Gasteiger partial charge >= 0.3 is 0 Å². The maximum Gasteiger partial charge on any atom is 0.174 e. The Labute approximate surface area is 111 Å². The standard InChI is InChI=1S/C15H14N2S/c1-2-3-4-5-8-12-11-17-14-10-7-6-9-13(14)16-15(17)18-12/h6-10H,2-3,11H2,1H3/b12-8+. The van der Waals surface area contributed by atoms with Crippen LogP contribution in [0.4, 0.5) is 0 Å². The molecule has 1 aromatic carbocycles. The Hall–Kier alpha value is -1.66. The number of benzene rings is 1. The largest absolute Gasteiger partial charge is 0.314 e.